The van der Waals surface area contributed by atoms with E-state index in [2.05, 4.69) is 21.4 Å². The highest BCUT2D eigenvalue weighted by Gasteiger charge is 2.34. The number of nitrogens with two attached hydrogens (primary N) is 1. The molecular formula is C12H10N6. The molecule has 1 atom stereocenters. The molecule has 1 aromatic rings. The number of hydrogen-bond donors (Lipinski definition) is 1. The number of nitriles is 1. The van der Waals surface area contributed by atoms with Gasteiger partial charge in [0.1, 0.15) is 11.6 Å². The van der Waals surface area contributed by atoms with Crippen molar-refractivity contribution >= 4 is 22.9 Å². The number of rotatable bonds is 1. The predicted molar refractivity (Wildman–Crippen MR) is 69.4 cm³/mol. The Kier molecular flexibility index (Phi) is 2.31. The maximum Gasteiger partial charge on any atom is 0.175 e. The first kappa shape index (κ1) is 10.5. The van der Waals surface area contributed by atoms with Crippen LogP contribution >= 0.6 is 0 Å². The Bertz CT molecular complexity index is 607. The lowest BCUT2D eigenvalue weighted by molar-refractivity contribution is 0.761. The Balaban J connectivity index is 2.03. The molecule has 0 spiro atoms. The second-order valence-corrected chi connectivity index (χ2v) is 4.02. The van der Waals surface area contributed by atoms with Crippen LogP contribution in [0.1, 0.15) is 0 Å². The molecule has 0 aliphatic carbocycles. The highest BCUT2D eigenvalue weighted by molar-refractivity contribution is 6.70. The second kappa shape index (κ2) is 3.96. The number of para-hydroxylation sites is 1. The van der Waals surface area contributed by atoms with Gasteiger partial charge >= 0.3 is 0 Å². The number of nitrogens with zero attached hydrogens (tertiary/aromatic N) is 5. The third-order valence-corrected chi connectivity index (χ3v) is 2.87. The monoisotopic (exact) mass is 238 g/mol. The Morgan fingerprint density at radius 2 is 2.06 bits per heavy atom. The summed E-state index contributed by atoms with van der Waals surface area (Å²) in [6.45, 7) is 0.464. The van der Waals surface area contributed by atoms with E-state index in [1.54, 1.807) is 5.01 Å². The van der Waals surface area contributed by atoms with Crippen LogP contribution in [0.5, 0.6) is 0 Å². The zero-order valence-corrected chi connectivity index (χ0v) is 9.48. The number of fused-ring (bicyclic) bond motifs is 1. The summed E-state index contributed by atoms with van der Waals surface area (Å²) in [5, 5.41) is 23.0. The van der Waals surface area contributed by atoms with Crippen LogP contribution in [-0.2, 0) is 0 Å². The molecule has 0 saturated heterocycles. The van der Waals surface area contributed by atoms with Gasteiger partial charge in [-0.15, -0.1) is 10.2 Å². The minimum Gasteiger partial charge on any atom is -0.380 e. The molecule has 2 N–H and O–H groups in total. The van der Waals surface area contributed by atoms with Crippen LogP contribution < -0.4 is 10.7 Å². The van der Waals surface area contributed by atoms with Crippen LogP contribution in [0.3, 0.4) is 0 Å². The molecule has 0 aromatic heterocycles. The van der Waals surface area contributed by atoms with Crippen LogP contribution in [0.2, 0.25) is 0 Å². The van der Waals surface area contributed by atoms with Crippen molar-refractivity contribution in [2.24, 2.45) is 27.0 Å². The lowest BCUT2D eigenvalue weighted by Gasteiger charge is -2.27. The van der Waals surface area contributed by atoms with Crippen molar-refractivity contribution in [3.8, 4) is 6.07 Å². The van der Waals surface area contributed by atoms with E-state index in [-0.39, 0.29) is 11.8 Å². The van der Waals surface area contributed by atoms with Crippen molar-refractivity contribution in [1.29, 1.82) is 5.26 Å². The largest absolute Gasteiger partial charge is 0.380 e. The molecule has 2 aliphatic heterocycles. The summed E-state index contributed by atoms with van der Waals surface area (Å²) in [5.41, 5.74) is 7.72. The fraction of sp³-hybridized carbons (Fsp3) is 0.167. The lowest BCUT2D eigenvalue weighted by atomic mass is 9.98. The van der Waals surface area contributed by atoms with Crippen molar-refractivity contribution in [1.82, 2.24) is 0 Å². The van der Waals surface area contributed by atoms with E-state index in [1.165, 1.54) is 0 Å². The maximum atomic E-state index is 9.18. The summed E-state index contributed by atoms with van der Waals surface area (Å²) in [7, 11) is 0. The SMILES string of the molecule is N#CC1CN(c2ccccc2)N=C2C(N)=NN=C21. The summed E-state index contributed by atoms with van der Waals surface area (Å²) >= 11 is 0. The summed E-state index contributed by atoms with van der Waals surface area (Å²) in [4.78, 5) is 0. The molecule has 2 heterocycles. The van der Waals surface area contributed by atoms with Crippen LogP contribution in [0, 0.1) is 17.2 Å². The summed E-state index contributed by atoms with van der Waals surface area (Å²) in [6.07, 6.45) is 0. The third kappa shape index (κ3) is 1.53. The van der Waals surface area contributed by atoms with Crippen molar-refractivity contribution in [2.75, 3.05) is 11.6 Å². The summed E-state index contributed by atoms with van der Waals surface area (Å²) in [5.74, 6) is -0.0895. The molecule has 6 heteroatoms. The fourth-order valence-electron chi connectivity index (χ4n) is 1.96. The Labute approximate surface area is 104 Å². The second-order valence-electron chi connectivity index (χ2n) is 4.02. The van der Waals surface area contributed by atoms with Crippen molar-refractivity contribution in [2.45, 2.75) is 0 Å². The Hall–Kier alpha value is -2.68. The van der Waals surface area contributed by atoms with E-state index in [0.29, 0.717) is 18.0 Å². The number of benzene rings is 1. The molecule has 1 unspecified atom stereocenters. The highest BCUT2D eigenvalue weighted by Crippen LogP contribution is 2.22. The van der Waals surface area contributed by atoms with E-state index < -0.39 is 0 Å². The maximum absolute atomic E-state index is 9.18. The molecule has 1 aromatic carbocycles. The van der Waals surface area contributed by atoms with E-state index in [0.717, 1.165) is 5.69 Å². The van der Waals surface area contributed by atoms with Gasteiger partial charge in [-0.3, -0.25) is 5.01 Å². The lowest BCUT2D eigenvalue weighted by Crippen LogP contribution is -2.43. The van der Waals surface area contributed by atoms with Crippen LogP contribution in [0.15, 0.2) is 45.6 Å². The van der Waals surface area contributed by atoms with Crippen LogP contribution in [-0.4, -0.2) is 23.8 Å². The normalized spacial score (nSPS) is 21.6. The minimum absolute atomic E-state index is 0.269. The number of hydrazone groups is 1. The first-order valence-corrected chi connectivity index (χ1v) is 5.52. The van der Waals surface area contributed by atoms with E-state index in [1.807, 2.05) is 30.3 Å². The van der Waals surface area contributed by atoms with Gasteiger partial charge in [-0.05, 0) is 12.1 Å². The van der Waals surface area contributed by atoms with Crippen LogP contribution in [0.25, 0.3) is 0 Å². The van der Waals surface area contributed by atoms with Crippen molar-refractivity contribution < 1.29 is 0 Å². The van der Waals surface area contributed by atoms with Gasteiger partial charge < -0.3 is 5.73 Å². The molecule has 0 radical (unpaired) electrons. The van der Waals surface area contributed by atoms with E-state index >= 15 is 0 Å². The molecule has 88 valence electrons. The van der Waals surface area contributed by atoms with Crippen LogP contribution in [0.4, 0.5) is 5.69 Å². The topological polar surface area (TPSA) is 90.1 Å². The average molecular weight is 238 g/mol. The molecule has 6 nitrogen and oxygen atoms in total. The molecule has 0 saturated carbocycles. The predicted octanol–water partition coefficient (Wildman–Crippen LogP) is 0.729. The standard InChI is InChI=1S/C12H10N6/c13-6-8-7-18(9-4-2-1-3-5-9)17-11-10(8)15-16-12(11)14/h1-5,8H,7H2,(H2,14,16). The Morgan fingerprint density at radius 3 is 2.78 bits per heavy atom. The van der Waals surface area contributed by atoms with Gasteiger partial charge in [-0.1, -0.05) is 18.2 Å². The summed E-state index contributed by atoms with van der Waals surface area (Å²) in [6, 6.07) is 11.9. The average Bonchev–Trinajstić information content (AvgIpc) is 2.81. The first-order chi connectivity index (χ1) is 8.79. The zero-order chi connectivity index (χ0) is 12.5. The minimum atomic E-state index is -0.359. The Morgan fingerprint density at radius 1 is 1.28 bits per heavy atom. The van der Waals surface area contributed by atoms with E-state index in [9.17, 15) is 5.26 Å². The summed E-state index contributed by atoms with van der Waals surface area (Å²) < 4.78 is 0. The molecule has 0 amide bonds. The molecule has 0 bridgehead atoms. The van der Waals surface area contributed by atoms with Gasteiger partial charge in [0, 0.05) is 0 Å². The van der Waals surface area contributed by atoms with Gasteiger partial charge in [0.15, 0.2) is 11.5 Å². The number of hydrogen-bond acceptors (Lipinski definition) is 6. The van der Waals surface area contributed by atoms with Crippen molar-refractivity contribution in [3.63, 3.8) is 0 Å². The zero-order valence-electron chi connectivity index (χ0n) is 9.48. The van der Waals surface area contributed by atoms with Gasteiger partial charge in [0.25, 0.3) is 0 Å². The van der Waals surface area contributed by atoms with Crippen molar-refractivity contribution in [3.05, 3.63) is 30.3 Å². The third-order valence-electron chi connectivity index (χ3n) is 2.87. The molecule has 2 aliphatic rings. The first-order valence-electron chi connectivity index (χ1n) is 5.52. The number of anilines is 1. The quantitative estimate of drug-likeness (QED) is 0.781. The molecule has 0 fully saturated rings. The number of amidine groups is 1. The van der Waals surface area contributed by atoms with Gasteiger partial charge in [0.05, 0.1) is 18.3 Å². The molecule has 18 heavy (non-hydrogen) atoms. The van der Waals surface area contributed by atoms with E-state index in [4.69, 9.17) is 5.73 Å². The highest BCUT2D eigenvalue weighted by atomic mass is 15.5. The molecular weight excluding hydrogens is 228 g/mol. The van der Waals surface area contributed by atoms with Gasteiger partial charge in [0.2, 0.25) is 0 Å². The smallest absolute Gasteiger partial charge is 0.175 e. The fourth-order valence-corrected chi connectivity index (χ4v) is 1.96. The van der Waals surface area contributed by atoms with Gasteiger partial charge in [-0.2, -0.15) is 10.4 Å². The van der Waals surface area contributed by atoms with Gasteiger partial charge in [-0.25, -0.2) is 0 Å². The molecule has 3 rings (SSSR count).